The summed E-state index contributed by atoms with van der Waals surface area (Å²) in [6, 6.07) is 17.3. The highest BCUT2D eigenvalue weighted by atomic mass is 19.1. The number of carbonyl (C=O) groups is 2. The molecule has 0 bridgehead atoms. The number of aromatic hydroxyl groups is 2. The molecule has 0 aromatic heterocycles. The van der Waals surface area contributed by atoms with Crippen molar-refractivity contribution in [1.82, 2.24) is 9.80 Å². The molecule has 3 aromatic rings. The Kier molecular flexibility index (Phi) is 9.15. The van der Waals surface area contributed by atoms with Crippen LogP contribution in [0.25, 0.3) is 0 Å². The van der Waals surface area contributed by atoms with Crippen LogP contribution in [-0.4, -0.2) is 70.8 Å². The topological polar surface area (TPSA) is 81.1 Å². The molecule has 0 amide bonds. The third kappa shape index (κ3) is 6.37. The van der Waals surface area contributed by atoms with Gasteiger partial charge in [0, 0.05) is 55.1 Å². The Hall–Kier alpha value is -3.55. The Morgan fingerprint density at radius 3 is 1.87 bits per heavy atom. The highest BCUT2D eigenvalue weighted by Crippen LogP contribution is 2.42. The van der Waals surface area contributed by atoms with E-state index < -0.39 is 17.8 Å². The number of piperidine rings is 1. The van der Waals surface area contributed by atoms with Crippen LogP contribution in [0.1, 0.15) is 51.6 Å². The molecular formula is C32H37FN2O4. The molecule has 3 aromatic carbocycles. The van der Waals surface area contributed by atoms with Crippen LogP contribution in [0.3, 0.4) is 0 Å². The van der Waals surface area contributed by atoms with Gasteiger partial charge >= 0.3 is 0 Å². The zero-order valence-corrected chi connectivity index (χ0v) is 22.8. The third-order valence-corrected chi connectivity index (χ3v) is 8.01. The molecule has 0 saturated carbocycles. The maximum atomic E-state index is 14.9. The molecule has 1 aliphatic rings. The molecule has 1 heterocycles. The Morgan fingerprint density at radius 1 is 0.872 bits per heavy atom. The second-order valence-electron chi connectivity index (χ2n) is 10.3. The predicted octanol–water partition coefficient (Wildman–Crippen LogP) is 5.28. The van der Waals surface area contributed by atoms with Crippen LogP contribution in [0.5, 0.6) is 11.5 Å². The smallest absolute Gasteiger partial charge is 0.167 e. The van der Waals surface area contributed by atoms with Crippen molar-refractivity contribution in [2.24, 2.45) is 11.8 Å². The van der Waals surface area contributed by atoms with Crippen molar-refractivity contribution in [3.8, 4) is 11.5 Å². The van der Waals surface area contributed by atoms with Crippen molar-refractivity contribution in [3.63, 3.8) is 0 Å². The first kappa shape index (κ1) is 28.5. The summed E-state index contributed by atoms with van der Waals surface area (Å²) in [7, 11) is 0. The minimum Gasteiger partial charge on any atom is -0.508 e. The average Bonchev–Trinajstić information content (AvgIpc) is 2.94. The van der Waals surface area contributed by atoms with Gasteiger partial charge < -0.3 is 20.0 Å². The second-order valence-corrected chi connectivity index (χ2v) is 10.3. The van der Waals surface area contributed by atoms with Crippen molar-refractivity contribution >= 4 is 11.6 Å². The molecule has 1 saturated heterocycles. The molecule has 6 nitrogen and oxygen atoms in total. The molecule has 0 aliphatic carbocycles. The predicted molar refractivity (Wildman–Crippen MR) is 150 cm³/mol. The summed E-state index contributed by atoms with van der Waals surface area (Å²) in [5.41, 5.74) is 1.76. The van der Waals surface area contributed by atoms with Crippen LogP contribution in [0, 0.1) is 24.6 Å². The van der Waals surface area contributed by atoms with E-state index in [1.807, 2.05) is 0 Å². The molecule has 0 spiro atoms. The molecule has 7 heteroatoms. The molecule has 0 unspecified atom stereocenters. The molecule has 206 valence electrons. The Morgan fingerprint density at radius 2 is 1.38 bits per heavy atom. The van der Waals surface area contributed by atoms with Crippen LogP contribution in [0.4, 0.5) is 4.39 Å². The lowest BCUT2D eigenvalue weighted by Gasteiger charge is -2.44. The number of ketones is 2. The first-order valence-electron chi connectivity index (χ1n) is 13.6. The zero-order chi connectivity index (χ0) is 28.1. The number of halogens is 1. The summed E-state index contributed by atoms with van der Waals surface area (Å²) in [4.78, 5) is 32.6. The first-order chi connectivity index (χ1) is 18.7. The number of nitrogens with zero attached hydrogens (tertiary/aromatic N) is 2. The largest absolute Gasteiger partial charge is 0.508 e. The van der Waals surface area contributed by atoms with Crippen LogP contribution in [-0.2, 0) is 0 Å². The molecule has 39 heavy (non-hydrogen) atoms. The Labute approximate surface area is 229 Å². The van der Waals surface area contributed by atoms with E-state index in [0.29, 0.717) is 41.9 Å². The summed E-state index contributed by atoms with van der Waals surface area (Å²) in [5.74, 6) is -2.69. The van der Waals surface area contributed by atoms with Crippen LogP contribution >= 0.6 is 0 Å². The lowest BCUT2D eigenvalue weighted by Crippen LogP contribution is -2.52. The fourth-order valence-corrected chi connectivity index (χ4v) is 5.80. The van der Waals surface area contributed by atoms with Gasteiger partial charge in [-0.05, 0) is 61.5 Å². The number of phenols is 2. The summed E-state index contributed by atoms with van der Waals surface area (Å²) >= 11 is 0. The maximum absolute atomic E-state index is 14.9. The van der Waals surface area contributed by atoms with E-state index in [0.717, 1.165) is 19.6 Å². The van der Waals surface area contributed by atoms with Gasteiger partial charge in [-0.25, -0.2) is 4.39 Å². The van der Waals surface area contributed by atoms with E-state index in [4.69, 9.17) is 0 Å². The SMILES string of the molecule is CCN(CC)CCN1C[C@H](C(=O)c2cccc(O)c2)C(c2cccc(F)c2C)[C@@H](C(=O)c2cccc(O)c2)C1. The number of hydrogen-bond acceptors (Lipinski definition) is 6. The molecule has 0 radical (unpaired) electrons. The number of hydrogen-bond donors (Lipinski definition) is 2. The van der Waals surface area contributed by atoms with Gasteiger partial charge in [0.25, 0.3) is 0 Å². The number of Topliss-reactive ketones (excluding diaryl/α,β-unsaturated/α-hetero) is 2. The number of benzene rings is 3. The third-order valence-electron chi connectivity index (χ3n) is 8.01. The standard InChI is InChI=1S/C32H37FN2O4/c1-4-34(5-2)15-16-35-19-27(31(38)22-9-6-11-24(36)17-22)30(26-13-8-14-29(33)21(26)3)28(20-35)32(39)23-10-7-12-25(37)18-23/h6-14,17-18,27-28,30,36-37H,4-5,15-16,19-20H2,1-3H3/t27-,28-/m0/s1. The summed E-state index contributed by atoms with van der Waals surface area (Å²) in [6.45, 7) is 9.94. The minimum absolute atomic E-state index is 0.0130. The van der Waals surface area contributed by atoms with E-state index in [1.54, 1.807) is 43.3 Å². The van der Waals surface area contributed by atoms with E-state index in [-0.39, 0.29) is 28.9 Å². The summed E-state index contributed by atoms with van der Waals surface area (Å²) in [5, 5.41) is 20.2. The van der Waals surface area contributed by atoms with E-state index in [1.165, 1.54) is 30.3 Å². The lowest BCUT2D eigenvalue weighted by atomic mass is 9.67. The maximum Gasteiger partial charge on any atom is 0.167 e. The fraction of sp³-hybridized carbons (Fsp3) is 0.375. The number of phenolic OH excluding ortho intramolecular Hbond substituents is 2. The number of rotatable bonds is 10. The van der Waals surface area contributed by atoms with Gasteiger partial charge in [0.15, 0.2) is 11.6 Å². The average molecular weight is 533 g/mol. The molecule has 2 N–H and O–H groups in total. The van der Waals surface area contributed by atoms with E-state index in [9.17, 15) is 24.2 Å². The van der Waals surface area contributed by atoms with E-state index >= 15 is 0 Å². The monoisotopic (exact) mass is 532 g/mol. The minimum atomic E-state index is -0.649. The molecule has 1 fully saturated rings. The van der Waals surface area contributed by atoms with Crippen LogP contribution < -0.4 is 0 Å². The van der Waals surface area contributed by atoms with E-state index in [2.05, 4.69) is 23.6 Å². The molecule has 2 atom stereocenters. The number of likely N-dealkylation sites (N-methyl/N-ethyl adjacent to an activating group) is 1. The van der Waals surface area contributed by atoms with Crippen molar-refractivity contribution in [3.05, 3.63) is 94.8 Å². The van der Waals surface area contributed by atoms with Crippen LogP contribution in [0.15, 0.2) is 66.7 Å². The highest BCUT2D eigenvalue weighted by Gasteiger charge is 2.45. The number of carbonyl (C=O) groups excluding carboxylic acids is 2. The van der Waals surface area contributed by atoms with Gasteiger partial charge in [0.2, 0.25) is 0 Å². The molecular weight excluding hydrogens is 495 g/mol. The van der Waals surface area contributed by atoms with Crippen molar-refractivity contribution in [1.29, 1.82) is 0 Å². The Balaban J connectivity index is 1.83. The normalized spacial score (nSPS) is 18.4. The molecule has 4 rings (SSSR count). The highest BCUT2D eigenvalue weighted by molar-refractivity contribution is 6.02. The fourth-order valence-electron chi connectivity index (χ4n) is 5.80. The van der Waals surface area contributed by atoms with Gasteiger partial charge in [-0.1, -0.05) is 50.2 Å². The van der Waals surface area contributed by atoms with Gasteiger partial charge in [-0.15, -0.1) is 0 Å². The van der Waals surface area contributed by atoms with Gasteiger partial charge in [-0.2, -0.15) is 0 Å². The summed E-state index contributed by atoms with van der Waals surface area (Å²) < 4.78 is 14.9. The second kappa shape index (κ2) is 12.5. The molecule has 1 aliphatic heterocycles. The van der Waals surface area contributed by atoms with Crippen molar-refractivity contribution in [2.75, 3.05) is 39.3 Å². The van der Waals surface area contributed by atoms with Crippen LogP contribution in [0.2, 0.25) is 0 Å². The zero-order valence-electron chi connectivity index (χ0n) is 22.8. The lowest BCUT2D eigenvalue weighted by molar-refractivity contribution is 0.0548. The van der Waals surface area contributed by atoms with Crippen molar-refractivity contribution in [2.45, 2.75) is 26.7 Å². The van der Waals surface area contributed by atoms with Crippen molar-refractivity contribution < 1.29 is 24.2 Å². The van der Waals surface area contributed by atoms with Gasteiger partial charge in [-0.3, -0.25) is 9.59 Å². The summed E-state index contributed by atoms with van der Waals surface area (Å²) in [6.07, 6.45) is 0. The number of likely N-dealkylation sites (tertiary alicyclic amines) is 1. The first-order valence-corrected chi connectivity index (χ1v) is 13.6. The van der Waals surface area contributed by atoms with Gasteiger partial charge in [0.1, 0.15) is 17.3 Å². The Bertz CT molecular complexity index is 1260. The van der Waals surface area contributed by atoms with Gasteiger partial charge in [0.05, 0.1) is 0 Å². The quantitative estimate of drug-likeness (QED) is 0.346.